The Kier molecular flexibility index (Phi) is 12.8. The molecule has 0 unspecified atom stereocenters. The molecule has 0 aliphatic carbocycles. The summed E-state index contributed by atoms with van der Waals surface area (Å²) >= 11 is 0. The minimum absolute atomic E-state index is 0.806. The second-order valence-corrected chi connectivity index (χ2v) is 11.1. The van der Waals surface area contributed by atoms with Crippen LogP contribution in [0.1, 0.15) is 0 Å². The third-order valence-electron chi connectivity index (χ3n) is 8.20. The van der Waals surface area contributed by atoms with Crippen molar-refractivity contribution < 1.29 is 105 Å². The molecule has 0 radical (unpaired) electrons. The molecule has 0 aromatic heterocycles. The summed E-state index contributed by atoms with van der Waals surface area (Å²) in [5.41, 5.74) is 0. The summed E-state index contributed by atoms with van der Waals surface area (Å²) in [5.74, 6) is 0. The molecular weight excluding hydrogens is 624 g/mol. The van der Waals surface area contributed by atoms with Gasteiger partial charge in [0.25, 0.3) is 0 Å². The van der Waals surface area contributed by atoms with Crippen LogP contribution in [0.5, 0.6) is 0 Å². The Morgan fingerprint density at radius 2 is 0.711 bits per heavy atom. The zero-order valence-electron chi connectivity index (χ0n) is 23.5. The van der Waals surface area contributed by atoms with Crippen LogP contribution in [0.2, 0.25) is 0 Å². The van der Waals surface area contributed by atoms with E-state index in [1.807, 2.05) is 0 Å². The van der Waals surface area contributed by atoms with Crippen LogP contribution in [-0.4, -0.2) is 221 Å². The molecule has 264 valence electrons. The fraction of sp³-hybridized carbons (Fsp3) is 1.00. The minimum atomic E-state index is -2.02. The molecule has 21 nitrogen and oxygen atoms in total. The lowest BCUT2D eigenvalue weighted by Gasteiger charge is -2.49. The zero-order valence-corrected chi connectivity index (χ0v) is 23.5. The van der Waals surface area contributed by atoms with Crippen LogP contribution in [0.4, 0.5) is 0 Å². The minimum Gasteiger partial charge on any atom is -0.394 e. The van der Waals surface area contributed by atoms with Crippen LogP contribution in [0.25, 0.3) is 0 Å². The normalized spacial score (nSPS) is 52.9. The van der Waals surface area contributed by atoms with Gasteiger partial charge in [0, 0.05) is 0 Å². The maximum absolute atomic E-state index is 11.0. The van der Waals surface area contributed by atoms with Crippen molar-refractivity contribution >= 4 is 0 Å². The fourth-order valence-electron chi connectivity index (χ4n) is 5.54. The maximum atomic E-state index is 11.0. The molecule has 4 aliphatic heterocycles. The Bertz CT molecular complexity index is 912. The third-order valence-corrected chi connectivity index (χ3v) is 8.20. The lowest BCUT2D eigenvalue weighted by Crippen LogP contribution is -2.67. The highest BCUT2D eigenvalue weighted by Gasteiger charge is 2.55. The number of rotatable bonds is 10. The summed E-state index contributed by atoms with van der Waals surface area (Å²) in [4.78, 5) is 0. The van der Waals surface area contributed by atoms with E-state index in [1.165, 1.54) is 0 Å². The summed E-state index contributed by atoms with van der Waals surface area (Å²) < 4.78 is 37.7. The molecule has 4 rings (SSSR count). The SMILES string of the molecule is OC[C@H]1O[C@@H](O[C@H]2[C@@H](O)[C@@H](CO)O[C@H](O[C@@H]3[C@H](O)[C@@H](O)[C@H](O[C@H]4[C@H](O)[C@@H](O)[C@H](O)O[C@@H]4CO)O[C@@H]3CO)[C@@H]2O)[C@H](O)[C@@H](O)[C@H]1O. The molecule has 0 aromatic rings. The van der Waals surface area contributed by atoms with Crippen molar-refractivity contribution in [2.75, 3.05) is 26.4 Å². The first-order valence-corrected chi connectivity index (χ1v) is 14.1. The van der Waals surface area contributed by atoms with E-state index in [-0.39, 0.29) is 0 Å². The van der Waals surface area contributed by atoms with Crippen LogP contribution < -0.4 is 0 Å². The van der Waals surface area contributed by atoms with Gasteiger partial charge in [-0.3, -0.25) is 0 Å². The topological polar surface area (TPSA) is 348 Å². The summed E-state index contributed by atoms with van der Waals surface area (Å²) in [6, 6.07) is 0. The molecule has 0 amide bonds. The molecule has 4 heterocycles. The summed E-state index contributed by atoms with van der Waals surface area (Å²) in [7, 11) is 0. The molecule has 14 N–H and O–H groups in total. The Morgan fingerprint density at radius 1 is 0.333 bits per heavy atom. The summed E-state index contributed by atoms with van der Waals surface area (Å²) in [6.45, 7) is -3.41. The van der Waals surface area contributed by atoms with Crippen LogP contribution in [-0.2, 0) is 33.2 Å². The lowest BCUT2D eigenvalue weighted by atomic mass is 9.95. The van der Waals surface area contributed by atoms with Crippen LogP contribution in [0, 0.1) is 0 Å². The largest absolute Gasteiger partial charge is 0.394 e. The predicted molar refractivity (Wildman–Crippen MR) is 134 cm³/mol. The van der Waals surface area contributed by atoms with Crippen molar-refractivity contribution in [3.63, 3.8) is 0 Å². The number of aliphatic hydroxyl groups is 14. The van der Waals surface area contributed by atoms with Crippen molar-refractivity contribution in [2.24, 2.45) is 0 Å². The van der Waals surface area contributed by atoms with Gasteiger partial charge in [-0.05, 0) is 0 Å². The molecule has 0 bridgehead atoms. The molecule has 21 heteroatoms. The molecule has 4 aliphatic rings. The molecule has 45 heavy (non-hydrogen) atoms. The van der Waals surface area contributed by atoms with Gasteiger partial charge in [0.15, 0.2) is 25.2 Å². The second-order valence-electron chi connectivity index (χ2n) is 11.1. The highest BCUT2D eigenvalue weighted by Crippen LogP contribution is 2.34. The van der Waals surface area contributed by atoms with Crippen LogP contribution in [0.3, 0.4) is 0 Å². The van der Waals surface area contributed by atoms with E-state index in [1.54, 1.807) is 0 Å². The van der Waals surface area contributed by atoms with Crippen LogP contribution in [0.15, 0.2) is 0 Å². The molecule has 4 saturated heterocycles. The van der Waals surface area contributed by atoms with Gasteiger partial charge in [0.1, 0.15) is 97.7 Å². The van der Waals surface area contributed by atoms with Gasteiger partial charge in [0.05, 0.1) is 26.4 Å². The van der Waals surface area contributed by atoms with Gasteiger partial charge in [-0.15, -0.1) is 0 Å². The molecular formula is C24H42O21. The number of hydrogen-bond acceptors (Lipinski definition) is 21. The van der Waals surface area contributed by atoms with Crippen molar-refractivity contribution in [3.05, 3.63) is 0 Å². The predicted octanol–water partition coefficient (Wildman–Crippen LogP) is -9.75. The number of aliphatic hydroxyl groups excluding tert-OH is 14. The quantitative estimate of drug-likeness (QED) is 0.103. The first-order valence-electron chi connectivity index (χ1n) is 14.1. The van der Waals surface area contributed by atoms with E-state index >= 15 is 0 Å². The highest BCUT2D eigenvalue weighted by atomic mass is 16.8. The van der Waals surface area contributed by atoms with E-state index in [2.05, 4.69) is 0 Å². The van der Waals surface area contributed by atoms with Gasteiger partial charge in [-0.2, -0.15) is 0 Å². The van der Waals surface area contributed by atoms with Gasteiger partial charge in [0.2, 0.25) is 0 Å². The van der Waals surface area contributed by atoms with Crippen molar-refractivity contribution in [3.8, 4) is 0 Å². The van der Waals surface area contributed by atoms with E-state index in [0.717, 1.165) is 0 Å². The average Bonchev–Trinajstić information content (AvgIpc) is 3.03. The first-order chi connectivity index (χ1) is 21.3. The lowest BCUT2D eigenvalue weighted by molar-refractivity contribution is -0.388. The first kappa shape index (κ1) is 37.0. The zero-order chi connectivity index (χ0) is 33.3. The van der Waals surface area contributed by atoms with Gasteiger partial charge in [-0.1, -0.05) is 0 Å². The highest BCUT2D eigenvalue weighted by molar-refractivity contribution is 4.97. The molecule has 20 atom stereocenters. The Morgan fingerprint density at radius 3 is 1.22 bits per heavy atom. The van der Waals surface area contributed by atoms with E-state index in [4.69, 9.17) is 33.2 Å². The Balaban J connectivity index is 1.48. The van der Waals surface area contributed by atoms with Crippen molar-refractivity contribution in [1.82, 2.24) is 0 Å². The summed E-state index contributed by atoms with van der Waals surface area (Å²) in [6.07, 6.45) is -35.6. The monoisotopic (exact) mass is 666 g/mol. The number of ether oxygens (including phenoxy) is 7. The van der Waals surface area contributed by atoms with Crippen molar-refractivity contribution in [1.29, 1.82) is 0 Å². The standard InChI is InChI=1S/C24H42O21/c25-1-5-9(29)11(31)15(35)22(40-5)45-20-10(30)6(2-26)41-24(17(20)37)44-19-8(4-28)42-23(16(36)13(19)33)43-18-7(3-27)39-21(38)14(34)12(18)32/h5-38H,1-4H2/t5-,6-,7-,8-,9+,10+,11+,12-,13-,14-,15-,16-,17-,18-,19+,20+,21-,22+,23+,24-/m1/s1. The molecule has 0 saturated carbocycles. The van der Waals surface area contributed by atoms with Crippen LogP contribution >= 0.6 is 0 Å². The molecule has 4 fully saturated rings. The second kappa shape index (κ2) is 15.6. The smallest absolute Gasteiger partial charge is 0.187 e. The van der Waals surface area contributed by atoms with E-state index in [0.29, 0.717) is 0 Å². The van der Waals surface area contributed by atoms with Gasteiger partial charge >= 0.3 is 0 Å². The summed E-state index contributed by atoms with van der Waals surface area (Å²) in [5, 5.41) is 142. The Labute approximate surface area is 254 Å². The Hall–Kier alpha value is -0.840. The molecule has 0 aromatic carbocycles. The van der Waals surface area contributed by atoms with Crippen molar-refractivity contribution in [2.45, 2.75) is 123 Å². The van der Waals surface area contributed by atoms with E-state index < -0.39 is 149 Å². The third kappa shape index (κ3) is 7.44. The average molecular weight is 667 g/mol. The van der Waals surface area contributed by atoms with E-state index in [9.17, 15) is 71.5 Å². The fourth-order valence-corrected chi connectivity index (χ4v) is 5.54. The maximum Gasteiger partial charge on any atom is 0.187 e. The van der Waals surface area contributed by atoms with Gasteiger partial charge < -0.3 is 105 Å². The number of hydrogen-bond donors (Lipinski definition) is 14. The van der Waals surface area contributed by atoms with Gasteiger partial charge in [-0.25, -0.2) is 0 Å². The molecule has 0 spiro atoms.